The minimum absolute atomic E-state index is 0.0770. The van der Waals surface area contributed by atoms with Crippen molar-refractivity contribution in [3.63, 3.8) is 0 Å². The number of halogens is 1. The van der Waals surface area contributed by atoms with Crippen molar-refractivity contribution in [3.05, 3.63) is 130 Å². The minimum atomic E-state index is -1.43. The summed E-state index contributed by atoms with van der Waals surface area (Å²) in [5.74, 6) is -4.52. The van der Waals surface area contributed by atoms with E-state index in [4.69, 9.17) is 16.3 Å². The highest BCUT2D eigenvalue weighted by molar-refractivity contribution is 6.32. The fraction of sp³-hybridized carbons (Fsp3) is 0.268. The van der Waals surface area contributed by atoms with Gasteiger partial charge < -0.3 is 14.9 Å². The van der Waals surface area contributed by atoms with Gasteiger partial charge in [0, 0.05) is 17.5 Å². The third-order valence-corrected chi connectivity index (χ3v) is 11.6. The number of methoxy groups -OCH3 is 1. The van der Waals surface area contributed by atoms with Crippen LogP contribution < -0.4 is 9.64 Å². The van der Waals surface area contributed by atoms with Gasteiger partial charge in [0.25, 0.3) is 0 Å². The van der Waals surface area contributed by atoms with Crippen LogP contribution in [0.3, 0.4) is 0 Å². The predicted molar refractivity (Wildman–Crippen MR) is 189 cm³/mol. The van der Waals surface area contributed by atoms with E-state index in [-0.39, 0.29) is 42.0 Å². The Morgan fingerprint density at radius 3 is 2.33 bits per heavy atom. The smallest absolute Gasteiger partial charge is 0.246 e. The maximum atomic E-state index is 15.3. The highest BCUT2D eigenvalue weighted by Gasteiger charge is 2.70. The van der Waals surface area contributed by atoms with Gasteiger partial charge in [0.05, 0.1) is 36.0 Å². The van der Waals surface area contributed by atoms with Gasteiger partial charge in [-0.3, -0.25) is 24.1 Å². The minimum Gasteiger partial charge on any atom is -0.508 e. The largest absolute Gasteiger partial charge is 0.508 e. The molecule has 4 aromatic carbocycles. The van der Waals surface area contributed by atoms with Crippen LogP contribution in [0.25, 0.3) is 0 Å². The Hall–Kier alpha value is -5.41. The number of amides is 4. The molecule has 2 aliphatic carbocycles. The first-order valence-electron chi connectivity index (χ1n) is 17.0. The summed E-state index contributed by atoms with van der Waals surface area (Å²) in [7, 11) is 1.45. The van der Waals surface area contributed by atoms with Gasteiger partial charge in [-0.25, -0.2) is 4.90 Å². The van der Waals surface area contributed by atoms with Crippen molar-refractivity contribution in [1.82, 2.24) is 4.90 Å². The van der Waals surface area contributed by atoms with E-state index in [2.05, 4.69) is 0 Å². The first kappa shape index (κ1) is 32.8. The molecule has 0 unspecified atom stereocenters. The molecule has 3 fully saturated rings. The number of hydrogen-bond acceptors (Lipinski definition) is 7. The number of hydrogen-bond donors (Lipinski definition) is 2. The molecular formula is C41H35ClN2O7. The Bertz CT molecular complexity index is 2120. The number of imide groups is 2. The van der Waals surface area contributed by atoms with Crippen LogP contribution in [0.4, 0.5) is 5.69 Å². The van der Waals surface area contributed by atoms with E-state index in [9.17, 15) is 24.6 Å². The number of anilines is 1. The van der Waals surface area contributed by atoms with Crippen molar-refractivity contribution in [2.45, 2.75) is 30.6 Å². The maximum Gasteiger partial charge on any atom is 0.246 e. The van der Waals surface area contributed by atoms with E-state index in [1.54, 1.807) is 60.7 Å². The summed E-state index contributed by atoms with van der Waals surface area (Å²) in [4.78, 5) is 61.0. The average molecular weight is 703 g/mol. The Labute approximate surface area is 299 Å². The molecule has 4 amide bonds. The fourth-order valence-corrected chi connectivity index (χ4v) is 9.37. The van der Waals surface area contributed by atoms with Crippen molar-refractivity contribution in [3.8, 4) is 17.2 Å². The Morgan fingerprint density at radius 1 is 0.843 bits per heavy atom. The molecule has 4 aromatic rings. The number of aromatic hydroxyl groups is 2. The summed E-state index contributed by atoms with van der Waals surface area (Å²) in [5.41, 5.74) is 1.92. The maximum absolute atomic E-state index is 15.3. The fourth-order valence-electron chi connectivity index (χ4n) is 9.18. The van der Waals surface area contributed by atoms with Crippen LogP contribution in [0.2, 0.25) is 5.02 Å². The third-order valence-electron chi connectivity index (χ3n) is 11.4. The number of carbonyl (C=O) groups is 4. The number of phenolic OH excluding ortho intramolecular Hbond substituents is 2. The SMILES string of the molecule is COc1cc([C@H]2C3=CC[C@@H]4C(=O)N(CCc5ccc(O)cc5)C(=O)[C@@H]4[C@@H]3C[C@H]3C(=O)N(c4cccc(Cl)c4)C(=O)[C@@]23c2ccccc2)ccc1O. The molecule has 2 heterocycles. The van der Waals surface area contributed by atoms with Crippen LogP contribution in [-0.4, -0.2) is 52.4 Å². The van der Waals surface area contributed by atoms with E-state index in [0.29, 0.717) is 34.7 Å². The molecule has 0 spiro atoms. The lowest BCUT2D eigenvalue weighted by atomic mass is 9.49. The number of phenols is 2. The van der Waals surface area contributed by atoms with E-state index >= 15 is 4.79 Å². The molecule has 8 rings (SSSR count). The number of fused-ring (bicyclic) bond motifs is 4. The summed E-state index contributed by atoms with van der Waals surface area (Å²) >= 11 is 6.39. The normalized spacial score (nSPS) is 26.9. The molecule has 1 saturated carbocycles. The van der Waals surface area contributed by atoms with Crippen LogP contribution in [0, 0.1) is 23.7 Å². The van der Waals surface area contributed by atoms with Gasteiger partial charge in [0.1, 0.15) is 5.75 Å². The van der Waals surface area contributed by atoms with Crippen LogP contribution in [0.5, 0.6) is 17.2 Å². The average Bonchev–Trinajstić information content (AvgIpc) is 3.52. The van der Waals surface area contributed by atoms with Crippen LogP contribution in [0.1, 0.15) is 35.4 Å². The van der Waals surface area contributed by atoms with Crippen molar-refractivity contribution >= 4 is 40.9 Å². The van der Waals surface area contributed by atoms with E-state index in [1.165, 1.54) is 23.0 Å². The van der Waals surface area contributed by atoms with Crippen molar-refractivity contribution in [2.24, 2.45) is 23.7 Å². The van der Waals surface area contributed by atoms with Crippen LogP contribution in [-0.2, 0) is 31.0 Å². The Morgan fingerprint density at radius 2 is 1.61 bits per heavy atom. The lowest BCUT2D eigenvalue weighted by Gasteiger charge is -2.50. The summed E-state index contributed by atoms with van der Waals surface area (Å²) in [6, 6.07) is 27.6. The number of benzene rings is 4. The third kappa shape index (κ3) is 4.97. The van der Waals surface area contributed by atoms with Crippen molar-refractivity contribution in [1.29, 1.82) is 0 Å². The standard InChI is InChI=1S/C41H35ClN2O7/c1-51-34-20-24(12-17-33(34)46)36-29-15-16-30-35(39(49)43(37(30)47)19-18-23-10-13-28(45)14-11-23)31(29)22-32-38(48)44(27-9-5-8-26(42)21-27)40(50)41(32,36)25-6-3-2-4-7-25/h2-15,17,20-21,30-32,35-36,45-46H,16,18-19,22H2,1H3/t30-,31+,32-,35-,36-,41+/m0/s1. The number of likely N-dealkylation sites (tertiary alicyclic amines) is 1. The van der Waals surface area contributed by atoms with Crippen LogP contribution in [0.15, 0.2) is 109 Å². The summed E-state index contributed by atoms with van der Waals surface area (Å²) < 4.78 is 5.53. The lowest BCUT2D eigenvalue weighted by molar-refractivity contribution is -0.140. The zero-order valence-electron chi connectivity index (χ0n) is 27.7. The molecule has 0 bridgehead atoms. The second-order valence-electron chi connectivity index (χ2n) is 13.8. The number of nitrogens with zero attached hydrogens (tertiary/aromatic N) is 2. The van der Waals surface area contributed by atoms with Gasteiger partial charge in [-0.1, -0.05) is 77.8 Å². The molecule has 51 heavy (non-hydrogen) atoms. The molecular weight excluding hydrogens is 668 g/mol. The van der Waals surface area contributed by atoms with Crippen LogP contribution >= 0.6 is 11.6 Å². The van der Waals surface area contributed by atoms with Gasteiger partial charge in [-0.2, -0.15) is 0 Å². The number of ether oxygens (including phenoxy) is 1. The van der Waals surface area contributed by atoms with Gasteiger partial charge in [0.15, 0.2) is 11.5 Å². The lowest BCUT2D eigenvalue weighted by Crippen LogP contribution is -2.53. The van der Waals surface area contributed by atoms with Crippen molar-refractivity contribution < 1.29 is 34.1 Å². The quantitative estimate of drug-likeness (QED) is 0.175. The predicted octanol–water partition coefficient (Wildman–Crippen LogP) is 6.16. The molecule has 2 N–H and O–H groups in total. The zero-order chi connectivity index (χ0) is 35.6. The molecule has 2 aliphatic heterocycles. The highest BCUT2D eigenvalue weighted by Crippen LogP contribution is 2.64. The Balaban J connectivity index is 1.28. The highest BCUT2D eigenvalue weighted by atomic mass is 35.5. The monoisotopic (exact) mass is 702 g/mol. The molecule has 258 valence electrons. The molecule has 4 aliphatic rings. The molecule has 2 saturated heterocycles. The van der Waals surface area contributed by atoms with Gasteiger partial charge >= 0.3 is 0 Å². The molecule has 9 nitrogen and oxygen atoms in total. The van der Waals surface area contributed by atoms with E-state index in [1.807, 2.05) is 36.4 Å². The number of allylic oxidation sites excluding steroid dienone is 2. The number of rotatable bonds is 7. The number of carbonyl (C=O) groups excluding carboxylic acids is 4. The summed E-state index contributed by atoms with van der Waals surface area (Å²) in [5, 5.41) is 20.7. The second kappa shape index (κ2) is 12.4. The first-order valence-corrected chi connectivity index (χ1v) is 17.4. The first-order chi connectivity index (χ1) is 24.6. The summed E-state index contributed by atoms with van der Waals surface area (Å²) in [6.07, 6.45) is 2.92. The zero-order valence-corrected chi connectivity index (χ0v) is 28.5. The summed E-state index contributed by atoms with van der Waals surface area (Å²) in [6.45, 7) is 0.188. The van der Waals surface area contributed by atoms with Crippen molar-refractivity contribution in [2.75, 3.05) is 18.6 Å². The molecule has 0 aromatic heterocycles. The molecule has 6 atom stereocenters. The molecule has 0 radical (unpaired) electrons. The molecule has 10 heteroatoms. The Kier molecular flexibility index (Phi) is 7.98. The van der Waals surface area contributed by atoms with E-state index < -0.39 is 46.8 Å². The van der Waals surface area contributed by atoms with Gasteiger partial charge in [-0.05, 0) is 84.3 Å². The topological polar surface area (TPSA) is 124 Å². The second-order valence-corrected chi connectivity index (χ2v) is 14.2. The van der Waals surface area contributed by atoms with Gasteiger partial charge in [0.2, 0.25) is 23.6 Å². The van der Waals surface area contributed by atoms with E-state index in [0.717, 1.165) is 11.1 Å². The van der Waals surface area contributed by atoms with Gasteiger partial charge in [-0.15, -0.1) is 0 Å².